The summed E-state index contributed by atoms with van der Waals surface area (Å²) in [6.07, 6.45) is 5.91. The van der Waals surface area contributed by atoms with E-state index in [0.717, 1.165) is 19.3 Å². The first-order chi connectivity index (χ1) is 10.2. The second-order valence-electron chi connectivity index (χ2n) is 4.59. The van der Waals surface area contributed by atoms with Gasteiger partial charge in [-0.2, -0.15) is 0 Å². The van der Waals surface area contributed by atoms with Gasteiger partial charge in [-0.05, 0) is 28.5 Å². The van der Waals surface area contributed by atoms with E-state index in [1.165, 1.54) is 19.3 Å². The molecule has 2 atom stereocenters. The van der Waals surface area contributed by atoms with Gasteiger partial charge in [0.1, 0.15) is 6.61 Å². The molecule has 1 saturated heterocycles. The smallest absolute Gasteiger partial charge is 0.278 e. The standard InChI is InChI=1S/C11H23O9P/c1-3-4-5-6-7-8-9-13-19-21(12)15-11(2)10-14-16-17-18-20-21/h11H,3-10H2,1-2H3. The number of phosphoric acid groups is 1. The maximum Gasteiger partial charge on any atom is 0.532 e. The molecule has 0 radical (unpaired) electrons. The van der Waals surface area contributed by atoms with Crippen molar-refractivity contribution in [3.8, 4) is 0 Å². The molecule has 2 unspecified atom stereocenters. The van der Waals surface area contributed by atoms with Gasteiger partial charge >= 0.3 is 7.82 Å². The zero-order chi connectivity index (χ0) is 15.4. The predicted octanol–water partition coefficient (Wildman–Crippen LogP) is 3.56. The third-order valence-electron chi connectivity index (χ3n) is 2.56. The molecule has 0 N–H and O–H groups in total. The van der Waals surface area contributed by atoms with E-state index in [2.05, 4.69) is 36.3 Å². The summed E-state index contributed by atoms with van der Waals surface area (Å²) in [4.78, 5) is 9.32. The molecule has 0 aromatic rings. The van der Waals surface area contributed by atoms with Crippen LogP contribution in [0.5, 0.6) is 0 Å². The van der Waals surface area contributed by atoms with E-state index in [4.69, 9.17) is 9.41 Å². The Hall–Kier alpha value is -0.0900. The van der Waals surface area contributed by atoms with Crippen LogP contribution in [0.25, 0.3) is 0 Å². The highest BCUT2D eigenvalue weighted by molar-refractivity contribution is 7.48. The third-order valence-corrected chi connectivity index (χ3v) is 3.71. The molecule has 0 aromatic carbocycles. The van der Waals surface area contributed by atoms with Crippen LogP contribution in [0.3, 0.4) is 0 Å². The van der Waals surface area contributed by atoms with Crippen LogP contribution in [0.1, 0.15) is 52.4 Å². The summed E-state index contributed by atoms with van der Waals surface area (Å²) in [5, 5.41) is 12.0. The van der Waals surface area contributed by atoms with Crippen molar-refractivity contribution in [2.45, 2.75) is 58.5 Å². The first-order valence-electron chi connectivity index (χ1n) is 7.07. The third kappa shape index (κ3) is 9.51. The molecule has 1 fully saturated rings. The van der Waals surface area contributed by atoms with E-state index in [1.54, 1.807) is 6.92 Å². The Labute approximate surface area is 123 Å². The van der Waals surface area contributed by atoms with Gasteiger partial charge in [-0.3, -0.25) is 4.52 Å². The minimum absolute atomic E-state index is 0.0580. The number of hydrogen-bond donors (Lipinski definition) is 0. The van der Waals surface area contributed by atoms with Gasteiger partial charge in [0.05, 0.1) is 12.7 Å². The van der Waals surface area contributed by atoms with Gasteiger partial charge in [-0.15, -0.1) is 4.67 Å². The summed E-state index contributed by atoms with van der Waals surface area (Å²) in [7, 11) is -4.06. The zero-order valence-electron chi connectivity index (χ0n) is 12.4. The molecule has 0 spiro atoms. The average Bonchev–Trinajstić information content (AvgIpc) is 2.52. The largest absolute Gasteiger partial charge is 0.532 e. The zero-order valence-corrected chi connectivity index (χ0v) is 13.3. The number of unbranched alkanes of at least 4 members (excludes halogenated alkanes) is 5. The van der Waals surface area contributed by atoms with Crippen molar-refractivity contribution in [1.82, 2.24) is 0 Å². The molecule has 126 valence electrons. The molecule has 0 aliphatic carbocycles. The topological polar surface area (TPSA) is 90.9 Å². The molecule has 0 amide bonds. The maximum absolute atomic E-state index is 12.0. The molecule has 10 heteroatoms. The lowest BCUT2D eigenvalue weighted by Crippen LogP contribution is -2.15. The summed E-state index contributed by atoms with van der Waals surface area (Å²) in [6.45, 7) is 3.94. The Morgan fingerprint density at radius 3 is 2.67 bits per heavy atom. The van der Waals surface area contributed by atoms with Crippen LogP contribution in [0.4, 0.5) is 0 Å². The van der Waals surface area contributed by atoms with Gasteiger partial charge in [-0.25, -0.2) is 14.3 Å². The van der Waals surface area contributed by atoms with Crippen LogP contribution in [0.2, 0.25) is 0 Å². The lowest BCUT2D eigenvalue weighted by atomic mass is 10.1. The van der Waals surface area contributed by atoms with Crippen LogP contribution in [0.15, 0.2) is 0 Å². The van der Waals surface area contributed by atoms with E-state index in [-0.39, 0.29) is 13.2 Å². The molecule has 1 rings (SSSR count). The Balaban J connectivity index is 2.16. The highest BCUT2D eigenvalue weighted by Gasteiger charge is 2.35. The van der Waals surface area contributed by atoms with Crippen LogP contribution in [0, 0.1) is 0 Å². The summed E-state index contributed by atoms with van der Waals surface area (Å²) in [5.41, 5.74) is 0. The second-order valence-corrected chi connectivity index (χ2v) is 5.99. The minimum atomic E-state index is -4.06. The van der Waals surface area contributed by atoms with Gasteiger partial charge < -0.3 is 0 Å². The Morgan fingerprint density at radius 2 is 1.86 bits per heavy atom. The van der Waals surface area contributed by atoms with Crippen molar-refractivity contribution in [2.24, 2.45) is 0 Å². The summed E-state index contributed by atoms with van der Waals surface area (Å²) in [5.74, 6) is 0. The van der Waals surface area contributed by atoms with Gasteiger partial charge in [0.2, 0.25) is 0 Å². The fraction of sp³-hybridized carbons (Fsp3) is 1.00. The lowest BCUT2D eigenvalue weighted by molar-refractivity contribution is -0.692. The SMILES string of the molecule is CCCCCCCCOOP1(=O)OOOOOCC(C)O1. The lowest BCUT2D eigenvalue weighted by Gasteiger charge is -2.16. The molecular weight excluding hydrogens is 307 g/mol. The quantitative estimate of drug-likeness (QED) is 0.272. The molecule has 1 heterocycles. The van der Waals surface area contributed by atoms with E-state index in [1.807, 2.05) is 0 Å². The van der Waals surface area contributed by atoms with Crippen molar-refractivity contribution in [3.05, 3.63) is 0 Å². The summed E-state index contributed by atoms with van der Waals surface area (Å²) < 4.78 is 26.0. The second kappa shape index (κ2) is 11.5. The molecule has 1 aliphatic heterocycles. The first-order valence-corrected chi connectivity index (χ1v) is 8.53. The van der Waals surface area contributed by atoms with E-state index in [0.29, 0.717) is 0 Å². The van der Waals surface area contributed by atoms with E-state index in [9.17, 15) is 4.57 Å². The van der Waals surface area contributed by atoms with Crippen molar-refractivity contribution < 1.29 is 43.3 Å². The normalized spacial score (nSPS) is 27.8. The fourth-order valence-corrected chi connectivity index (χ4v) is 2.45. The Bertz CT molecular complexity index is 301. The highest BCUT2D eigenvalue weighted by atomic mass is 31.2. The van der Waals surface area contributed by atoms with Gasteiger partial charge in [-0.1, -0.05) is 43.7 Å². The minimum Gasteiger partial charge on any atom is -0.278 e. The summed E-state index contributed by atoms with van der Waals surface area (Å²) >= 11 is 0. The summed E-state index contributed by atoms with van der Waals surface area (Å²) in [6, 6.07) is 0. The van der Waals surface area contributed by atoms with Crippen LogP contribution in [-0.4, -0.2) is 19.3 Å². The van der Waals surface area contributed by atoms with Crippen molar-refractivity contribution in [3.63, 3.8) is 0 Å². The first kappa shape index (κ1) is 19.0. The molecule has 0 aromatic heterocycles. The number of hydrogen-bond acceptors (Lipinski definition) is 9. The van der Waals surface area contributed by atoms with Crippen LogP contribution >= 0.6 is 7.82 Å². The molecule has 9 nitrogen and oxygen atoms in total. The Morgan fingerprint density at radius 1 is 1.10 bits per heavy atom. The predicted molar refractivity (Wildman–Crippen MR) is 68.9 cm³/mol. The fourth-order valence-electron chi connectivity index (χ4n) is 1.55. The average molecular weight is 330 g/mol. The molecular formula is C11H23O9P. The monoisotopic (exact) mass is 330 g/mol. The van der Waals surface area contributed by atoms with E-state index >= 15 is 0 Å². The molecule has 0 saturated carbocycles. The van der Waals surface area contributed by atoms with Gasteiger partial charge in [0.25, 0.3) is 0 Å². The molecule has 0 bridgehead atoms. The van der Waals surface area contributed by atoms with Crippen LogP contribution in [-0.2, 0) is 43.3 Å². The Kier molecular flexibility index (Phi) is 10.4. The van der Waals surface area contributed by atoms with E-state index < -0.39 is 13.9 Å². The van der Waals surface area contributed by atoms with Crippen LogP contribution < -0.4 is 0 Å². The highest BCUT2D eigenvalue weighted by Crippen LogP contribution is 2.51. The maximum atomic E-state index is 12.0. The van der Waals surface area contributed by atoms with Crippen molar-refractivity contribution in [2.75, 3.05) is 13.2 Å². The van der Waals surface area contributed by atoms with Crippen molar-refractivity contribution >= 4 is 7.82 Å². The van der Waals surface area contributed by atoms with Crippen molar-refractivity contribution in [1.29, 1.82) is 0 Å². The molecule has 21 heavy (non-hydrogen) atoms. The number of rotatable bonds is 9. The van der Waals surface area contributed by atoms with Gasteiger partial charge in [0.15, 0.2) is 0 Å². The molecule has 1 aliphatic rings. The van der Waals surface area contributed by atoms with Gasteiger partial charge in [0, 0.05) is 0 Å².